The zero-order valence-corrected chi connectivity index (χ0v) is 12.1. The molecule has 2 aromatic rings. The van der Waals surface area contributed by atoms with Crippen molar-refractivity contribution in [2.45, 2.75) is 11.8 Å². The van der Waals surface area contributed by atoms with Crippen LogP contribution in [0.25, 0.3) is 0 Å². The molecule has 3 N–H and O–H groups in total. The molecule has 0 saturated carbocycles. The minimum Gasteiger partial charge on any atom is -0.497 e. The molecule has 0 amide bonds. The number of ether oxygens (including phenoxy) is 1. The van der Waals surface area contributed by atoms with Gasteiger partial charge in [0, 0.05) is 5.69 Å². The number of nitrogens with two attached hydrogens (primary N) is 1. The molecule has 0 bridgehead atoms. The van der Waals surface area contributed by atoms with Gasteiger partial charge in [-0.05, 0) is 43.3 Å². The summed E-state index contributed by atoms with van der Waals surface area (Å²) in [7, 11) is -2.39. The van der Waals surface area contributed by atoms with Gasteiger partial charge in [-0.15, -0.1) is 0 Å². The average Bonchev–Trinajstić information content (AvgIpc) is 2.40. The molecule has 5 nitrogen and oxygen atoms in total. The van der Waals surface area contributed by atoms with Gasteiger partial charge in [0.05, 0.1) is 12.0 Å². The predicted octanol–water partition coefficient (Wildman–Crippen LogP) is 2.52. The second kappa shape index (κ2) is 6.93. The molecule has 0 spiro atoms. The first-order valence-corrected chi connectivity index (χ1v) is 7.20. The van der Waals surface area contributed by atoms with E-state index in [9.17, 15) is 8.42 Å². The molecular weight excluding hydrogens is 278 g/mol. The van der Waals surface area contributed by atoms with E-state index < -0.39 is 10.1 Å². The summed E-state index contributed by atoms with van der Waals surface area (Å²) in [6.07, 6.45) is 0. The van der Waals surface area contributed by atoms with Crippen molar-refractivity contribution in [3.05, 3.63) is 54.1 Å². The minimum atomic E-state index is -4.02. The van der Waals surface area contributed by atoms with Gasteiger partial charge in [0.2, 0.25) is 0 Å². The van der Waals surface area contributed by atoms with Crippen LogP contribution in [-0.4, -0.2) is 20.1 Å². The molecule has 0 aromatic heterocycles. The van der Waals surface area contributed by atoms with Crippen LogP contribution in [0.3, 0.4) is 0 Å². The van der Waals surface area contributed by atoms with Gasteiger partial charge in [-0.1, -0.05) is 17.7 Å². The normalized spacial score (nSPS) is 10.3. The van der Waals surface area contributed by atoms with Crippen LogP contribution in [0.1, 0.15) is 5.56 Å². The maximum absolute atomic E-state index is 10.5. The fourth-order valence-electron chi connectivity index (χ4n) is 1.31. The van der Waals surface area contributed by atoms with Crippen molar-refractivity contribution in [3.8, 4) is 5.75 Å². The molecule has 0 saturated heterocycles. The zero-order valence-electron chi connectivity index (χ0n) is 11.3. The van der Waals surface area contributed by atoms with Crippen molar-refractivity contribution in [2.24, 2.45) is 0 Å². The highest BCUT2D eigenvalue weighted by Crippen LogP contribution is 2.11. The smallest absolute Gasteiger partial charge is 0.294 e. The molecule has 0 unspecified atom stereocenters. The highest BCUT2D eigenvalue weighted by molar-refractivity contribution is 7.85. The maximum atomic E-state index is 10.5. The van der Waals surface area contributed by atoms with E-state index in [1.165, 1.54) is 12.1 Å². The molecule has 20 heavy (non-hydrogen) atoms. The lowest BCUT2D eigenvalue weighted by atomic mass is 10.2. The number of methoxy groups -OCH3 is 1. The van der Waals surface area contributed by atoms with Gasteiger partial charge in [0.1, 0.15) is 5.75 Å². The Hall–Kier alpha value is -2.05. The Morgan fingerprint density at radius 2 is 1.50 bits per heavy atom. The molecule has 2 aromatic carbocycles. The van der Waals surface area contributed by atoms with E-state index in [1.807, 2.05) is 19.1 Å². The molecule has 0 aliphatic heterocycles. The molecule has 2 rings (SSSR count). The van der Waals surface area contributed by atoms with Crippen LogP contribution >= 0.6 is 0 Å². The standard InChI is InChI=1S/C7H9NO.C7H8O3S/c1-9-7-4-2-6(8)3-5-7;1-6-2-4-7(5-3-6)11(8,9)10/h2-5H,8H2,1H3;2-5H,1H3,(H,8,9,10). The van der Waals surface area contributed by atoms with Crippen molar-refractivity contribution >= 4 is 15.8 Å². The molecule has 0 radical (unpaired) electrons. The van der Waals surface area contributed by atoms with Crippen LogP contribution in [0.2, 0.25) is 0 Å². The van der Waals surface area contributed by atoms with E-state index >= 15 is 0 Å². The van der Waals surface area contributed by atoms with E-state index in [4.69, 9.17) is 15.0 Å². The van der Waals surface area contributed by atoms with Gasteiger partial charge in [0.25, 0.3) is 10.1 Å². The van der Waals surface area contributed by atoms with Crippen LogP contribution in [0.4, 0.5) is 5.69 Å². The van der Waals surface area contributed by atoms with Gasteiger partial charge in [-0.25, -0.2) is 0 Å². The van der Waals surface area contributed by atoms with E-state index in [1.54, 1.807) is 31.4 Å². The molecule has 0 aliphatic carbocycles. The SMILES string of the molecule is COc1ccc(N)cc1.Cc1ccc(S(=O)(=O)O)cc1. The summed E-state index contributed by atoms with van der Waals surface area (Å²) in [5.41, 5.74) is 7.14. The molecule has 0 atom stereocenters. The van der Waals surface area contributed by atoms with Gasteiger partial charge in [-0.2, -0.15) is 8.42 Å². The van der Waals surface area contributed by atoms with Crippen molar-refractivity contribution in [2.75, 3.05) is 12.8 Å². The number of hydrogen-bond donors (Lipinski definition) is 2. The van der Waals surface area contributed by atoms with Crippen molar-refractivity contribution in [3.63, 3.8) is 0 Å². The van der Waals surface area contributed by atoms with Crippen LogP contribution < -0.4 is 10.5 Å². The Bertz CT molecular complexity index is 634. The first kappa shape index (κ1) is 16.0. The van der Waals surface area contributed by atoms with E-state index in [-0.39, 0.29) is 4.90 Å². The highest BCUT2D eigenvalue weighted by atomic mass is 32.2. The van der Waals surface area contributed by atoms with Gasteiger partial charge in [0.15, 0.2) is 0 Å². The van der Waals surface area contributed by atoms with Gasteiger partial charge in [-0.3, -0.25) is 4.55 Å². The Labute approximate surface area is 118 Å². The second-order valence-corrected chi connectivity index (χ2v) is 5.48. The lowest BCUT2D eigenvalue weighted by Crippen LogP contribution is -1.96. The maximum Gasteiger partial charge on any atom is 0.294 e. The van der Waals surface area contributed by atoms with Crippen LogP contribution in [-0.2, 0) is 10.1 Å². The van der Waals surface area contributed by atoms with E-state index in [2.05, 4.69) is 0 Å². The number of anilines is 1. The lowest BCUT2D eigenvalue weighted by Gasteiger charge is -1.97. The summed E-state index contributed by atoms with van der Waals surface area (Å²) in [4.78, 5) is -0.0666. The number of nitrogen functional groups attached to an aromatic ring is 1. The summed E-state index contributed by atoms with van der Waals surface area (Å²) in [5, 5.41) is 0. The lowest BCUT2D eigenvalue weighted by molar-refractivity contribution is 0.415. The Balaban J connectivity index is 0.000000204. The van der Waals surface area contributed by atoms with Crippen LogP contribution in [0.15, 0.2) is 53.4 Å². The van der Waals surface area contributed by atoms with Crippen LogP contribution in [0.5, 0.6) is 5.75 Å². The fraction of sp³-hybridized carbons (Fsp3) is 0.143. The van der Waals surface area contributed by atoms with Crippen molar-refractivity contribution < 1.29 is 17.7 Å². The summed E-state index contributed by atoms with van der Waals surface area (Å²) in [6, 6.07) is 13.3. The molecule has 0 heterocycles. The molecule has 108 valence electrons. The Kier molecular flexibility index (Phi) is 5.54. The topological polar surface area (TPSA) is 89.6 Å². The predicted molar refractivity (Wildman–Crippen MR) is 78.4 cm³/mol. The number of aryl methyl sites for hydroxylation is 1. The number of benzene rings is 2. The monoisotopic (exact) mass is 295 g/mol. The average molecular weight is 295 g/mol. The van der Waals surface area contributed by atoms with Gasteiger partial charge < -0.3 is 10.5 Å². The number of rotatable bonds is 2. The summed E-state index contributed by atoms with van der Waals surface area (Å²) >= 11 is 0. The molecule has 6 heteroatoms. The third kappa shape index (κ3) is 5.29. The van der Waals surface area contributed by atoms with E-state index in [0.29, 0.717) is 0 Å². The van der Waals surface area contributed by atoms with Crippen molar-refractivity contribution in [1.82, 2.24) is 0 Å². The third-order valence-corrected chi connectivity index (χ3v) is 3.30. The number of hydrogen-bond acceptors (Lipinski definition) is 4. The van der Waals surface area contributed by atoms with Crippen LogP contribution in [0, 0.1) is 6.92 Å². The summed E-state index contributed by atoms with van der Waals surface area (Å²) in [5.74, 6) is 0.837. The molecular formula is C14H17NO4S. The minimum absolute atomic E-state index is 0.0666. The van der Waals surface area contributed by atoms with Crippen molar-refractivity contribution in [1.29, 1.82) is 0 Å². The quantitative estimate of drug-likeness (QED) is 0.656. The van der Waals surface area contributed by atoms with E-state index in [0.717, 1.165) is 17.0 Å². The Morgan fingerprint density at radius 3 is 1.90 bits per heavy atom. The first-order valence-electron chi connectivity index (χ1n) is 5.76. The second-order valence-electron chi connectivity index (χ2n) is 4.06. The zero-order chi connectivity index (χ0) is 15.2. The molecule has 0 aliphatic rings. The fourth-order valence-corrected chi connectivity index (χ4v) is 1.79. The third-order valence-electron chi connectivity index (χ3n) is 2.43. The summed E-state index contributed by atoms with van der Waals surface area (Å²) < 4.78 is 34.5. The highest BCUT2D eigenvalue weighted by Gasteiger charge is 2.06. The largest absolute Gasteiger partial charge is 0.497 e. The van der Waals surface area contributed by atoms with Gasteiger partial charge >= 0.3 is 0 Å². The first-order chi connectivity index (χ1) is 9.32. The Morgan fingerprint density at radius 1 is 1.00 bits per heavy atom. The summed E-state index contributed by atoms with van der Waals surface area (Å²) in [6.45, 7) is 1.84. The molecule has 0 fully saturated rings.